The third kappa shape index (κ3) is 2.95. The second kappa shape index (κ2) is 7.12. The molecule has 7 heteroatoms. The van der Waals surface area contributed by atoms with Gasteiger partial charge < -0.3 is 8.83 Å². The molecule has 0 unspecified atom stereocenters. The Morgan fingerprint density at radius 1 is 1.25 bits per heavy atom. The molecule has 0 atom stereocenters. The van der Waals surface area contributed by atoms with Crippen LogP contribution in [0.2, 0.25) is 0 Å². The molecule has 144 valence electrons. The van der Waals surface area contributed by atoms with Crippen LogP contribution in [0.5, 0.6) is 0 Å². The zero-order valence-corrected chi connectivity index (χ0v) is 15.9. The Balaban J connectivity index is 1.69. The highest BCUT2D eigenvalue weighted by molar-refractivity contribution is 6.19. The number of carbonyl (C=O) groups is 2. The SMILES string of the molecule is CCN1C(=O)C(C#N)=C(C)/C(=C/c2cc3oc(C4CCCCC4)nc3o2)C1=O. The standard InChI is InChI=1S/C21H21N3O4/c1-3-24-20(25)15(12(2)16(11-22)21(24)26)9-14-10-17-19(27-14)23-18(28-17)13-7-5-4-6-8-13/h9-10,13H,3-8H2,1-2H3/b15-9-. The minimum atomic E-state index is -0.559. The molecule has 1 aliphatic heterocycles. The molecule has 3 heterocycles. The lowest BCUT2D eigenvalue weighted by molar-refractivity contribution is -0.140. The van der Waals surface area contributed by atoms with Gasteiger partial charge in [-0.1, -0.05) is 19.3 Å². The first kappa shape index (κ1) is 18.2. The normalized spacial score (nSPS) is 20.5. The van der Waals surface area contributed by atoms with Crippen molar-refractivity contribution in [3.8, 4) is 6.07 Å². The number of imide groups is 1. The molecule has 7 nitrogen and oxygen atoms in total. The van der Waals surface area contributed by atoms with Crippen molar-refractivity contribution in [3.63, 3.8) is 0 Å². The van der Waals surface area contributed by atoms with Crippen molar-refractivity contribution in [1.82, 2.24) is 9.88 Å². The van der Waals surface area contributed by atoms with Crippen LogP contribution in [-0.2, 0) is 9.59 Å². The van der Waals surface area contributed by atoms with Gasteiger partial charge in [-0.05, 0) is 38.3 Å². The molecule has 1 saturated carbocycles. The zero-order valence-electron chi connectivity index (χ0n) is 15.9. The van der Waals surface area contributed by atoms with Crippen LogP contribution in [0.1, 0.15) is 63.5 Å². The van der Waals surface area contributed by atoms with Crippen LogP contribution in [-0.4, -0.2) is 28.2 Å². The van der Waals surface area contributed by atoms with Gasteiger partial charge in [0.25, 0.3) is 17.5 Å². The molecule has 1 aliphatic carbocycles. The van der Waals surface area contributed by atoms with Crippen LogP contribution < -0.4 is 0 Å². The van der Waals surface area contributed by atoms with E-state index in [0.29, 0.717) is 34.4 Å². The maximum absolute atomic E-state index is 12.7. The quantitative estimate of drug-likeness (QED) is 0.588. The molecule has 0 radical (unpaired) electrons. The summed E-state index contributed by atoms with van der Waals surface area (Å²) in [5, 5.41) is 9.31. The lowest BCUT2D eigenvalue weighted by Gasteiger charge is -2.25. The molecule has 2 aromatic heterocycles. The maximum atomic E-state index is 12.7. The lowest BCUT2D eigenvalue weighted by Crippen LogP contribution is -2.42. The van der Waals surface area contributed by atoms with Gasteiger partial charge >= 0.3 is 0 Å². The van der Waals surface area contributed by atoms with Crippen molar-refractivity contribution in [3.05, 3.63) is 34.4 Å². The van der Waals surface area contributed by atoms with E-state index in [1.807, 2.05) is 6.07 Å². The van der Waals surface area contributed by atoms with Crippen LogP contribution >= 0.6 is 0 Å². The van der Waals surface area contributed by atoms with Gasteiger partial charge in [0, 0.05) is 24.1 Å². The Hall–Kier alpha value is -3.14. The van der Waals surface area contributed by atoms with Gasteiger partial charge in [-0.15, -0.1) is 0 Å². The van der Waals surface area contributed by atoms with E-state index < -0.39 is 11.8 Å². The minimum Gasteiger partial charge on any atom is -0.437 e. The first-order valence-electron chi connectivity index (χ1n) is 9.63. The van der Waals surface area contributed by atoms with E-state index in [1.165, 1.54) is 19.3 Å². The minimum absolute atomic E-state index is 0.0272. The Bertz CT molecular complexity index is 1030. The van der Waals surface area contributed by atoms with Crippen LogP contribution in [0.4, 0.5) is 0 Å². The number of nitriles is 1. The molecule has 1 fully saturated rings. The van der Waals surface area contributed by atoms with Crippen LogP contribution in [0.3, 0.4) is 0 Å². The van der Waals surface area contributed by atoms with Crippen molar-refractivity contribution in [2.45, 2.75) is 51.9 Å². The molecule has 0 spiro atoms. The van der Waals surface area contributed by atoms with Gasteiger partial charge in [0.05, 0.1) is 0 Å². The maximum Gasteiger partial charge on any atom is 0.271 e. The number of aromatic nitrogens is 1. The Labute approximate surface area is 162 Å². The summed E-state index contributed by atoms with van der Waals surface area (Å²) in [4.78, 5) is 30.5. The molecule has 4 rings (SSSR count). The van der Waals surface area contributed by atoms with Crippen molar-refractivity contribution in [1.29, 1.82) is 5.26 Å². The Morgan fingerprint density at radius 3 is 2.64 bits per heavy atom. The van der Waals surface area contributed by atoms with E-state index in [2.05, 4.69) is 4.98 Å². The number of rotatable bonds is 3. The van der Waals surface area contributed by atoms with Gasteiger partial charge in [-0.3, -0.25) is 14.5 Å². The van der Waals surface area contributed by atoms with Crippen molar-refractivity contribution in [2.75, 3.05) is 6.54 Å². The second-order valence-corrected chi connectivity index (χ2v) is 7.23. The highest BCUT2D eigenvalue weighted by atomic mass is 16.4. The van der Waals surface area contributed by atoms with Crippen LogP contribution in [0.15, 0.2) is 31.6 Å². The predicted molar refractivity (Wildman–Crippen MR) is 101 cm³/mol. The van der Waals surface area contributed by atoms with Crippen molar-refractivity contribution >= 4 is 29.2 Å². The number of hydrogen-bond donors (Lipinski definition) is 0. The molecule has 0 bridgehead atoms. The Morgan fingerprint density at radius 2 is 2.00 bits per heavy atom. The topological polar surface area (TPSA) is 100 Å². The molecule has 28 heavy (non-hydrogen) atoms. The first-order valence-corrected chi connectivity index (χ1v) is 9.63. The summed E-state index contributed by atoms with van der Waals surface area (Å²) in [6, 6.07) is 3.60. The van der Waals surface area contributed by atoms with E-state index in [9.17, 15) is 14.9 Å². The van der Waals surface area contributed by atoms with Crippen LogP contribution in [0.25, 0.3) is 17.4 Å². The van der Waals surface area contributed by atoms with E-state index in [-0.39, 0.29) is 17.7 Å². The number of carbonyl (C=O) groups excluding carboxylic acids is 2. The number of furan rings is 1. The summed E-state index contributed by atoms with van der Waals surface area (Å²) in [7, 11) is 0. The Kier molecular flexibility index (Phi) is 4.63. The first-order chi connectivity index (χ1) is 13.5. The fourth-order valence-corrected chi connectivity index (χ4v) is 3.92. The predicted octanol–water partition coefficient (Wildman–Crippen LogP) is 4.08. The summed E-state index contributed by atoms with van der Waals surface area (Å²) >= 11 is 0. The molecule has 2 aliphatic rings. The number of oxazole rings is 1. The average molecular weight is 379 g/mol. The molecular weight excluding hydrogens is 358 g/mol. The van der Waals surface area contributed by atoms with E-state index in [1.54, 1.807) is 26.0 Å². The van der Waals surface area contributed by atoms with E-state index in [4.69, 9.17) is 8.83 Å². The van der Waals surface area contributed by atoms with E-state index in [0.717, 1.165) is 17.7 Å². The molecule has 0 aromatic carbocycles. The van der Waals surface area contributed by atoms with Crippen molar-refractivity contribution < 1.29 is 18.4 Å². The molecule has 0 saturated heterocycles. The molecule has 2 amide bonds. The highest BCUT2D eigenvalue weighted by Crippen LogP contribution is 2.35. The number of fused-ring (bicyclic) bond motifs is 1. The third-order valence-corrected chi connectivity index (χ3v) is 5.51. The molecule has 0 N–H and O–H groups in total. The van der Waals surface area contributed by atoms with Gasteiger partial charge in [-0.25, -0.2) is 0 Å². The highest BCUT2D eigenvalue weighted by Gasteiger charge is 2.34. The average Bonchev–Trinajstić information content (AvgIpc) is 3.25. The van der Waals surface area contributed by atoms with Gasteiger partial charge in [0.2, 0.25) is 5.89 Å². The number of likely N-dealkylation sites (N-methyl/N-ethyl adjacent to an activating group) is 1. The third-order valence-electron chi connectivity index (χ3n) is 5.51. The molecular formula is C21H21N3O4. The number of amides is 2. The number of hydrogen-bond acceptors (Lipinski definition) is 6. The fraction of sp³-hybridized carbons (Fsp3) is 0.429. The van der Waals surface area contributed by atoms with Crippen molar-refractivity contribution in [2.24, 2.45) is 0 Å². The molecule has 2 aromatic rings. The smallest absolute Gasteiger partial charge is 0.271 e. The summed E-state index contributed by atoms with van der Waals surface area (Å²) in [6.07, 6.45) is 7.34. The summed E-state index contributed by atoms with van der Waals surface area (Å²) in [6.45, 7) is 3.49. The van der Waals surface area contributed by atoms with E-state index >= 15 is 0 Å². The summed E-state index contributed by atoms with van der Waals surface area (Å²) in [5.74, 6) is 0.462. The monoisotopic (exact) mass is 379 g/mol. The largest absolute Gasteiger partial charge is 0.437 e. The van der Waals surface area contributed by atoms with Gasteiger partial charge in [0.15, 0.2) is 5.58 Å². The van der Waals surface area contributed by atoms with Crippen LogP contribution in [0, 0.1) is 11.3 Å². The van der Waals surface area contributed by atoms with Gasteiger partial charge in [0.1, 0.15) is 17.4 Å². The second-order valence-electron chi connectivity index (χ2n) is 7.23. The summed E-state index contributed by atoms with van der Waals surface area (Å²) < 4.78 is 11.6. The lowest BCUT2D eigenvalue weighted by atomic mass is 9.89. The summed E-state index contributed by atoms with van der Waals surface area (Å²) in [5.41, 5.74) is 1.54. The fourth-order valence-electron chi connectivity index (χ4n) is 3.92. The number of nitrogens with zero attached hydrogens (tertiary/aromatic N) is 3. The zero-order chi connectivity index (χ0) is 19.8. The van der Waals surface area contributed by atoms with Gasteiger partial charge in [-0.2, -0.15) is 10.2 Å².